The number of hydrogen-bond acceptors (Lipinski definition) is 7. The standard InChI is InChI=1S/C30H32N4O4/c1-21(30(35)36)25-17-26-27(18-28(25)37-16-8-7-15-34(2)3)31-20-32-29(26)33-23-11-13-24(14-12-23)38-19-22-9-5-4-6-10-22/h4-6,9-14,17-18,20H,1,7-8,15-16,19H2,2-3H3,(H,35,36)(H,31,32,33). The maximum Gasteiger partial charge on any atom is 0.335 e. The third kappa shape index (κ3) is 7.08. The highest BCUT2D eigenvalue weighted by Gasteiger charge is 2.17. The van der Waals surface area contributed by atoms with Crippen molar-refractivity contribution in [3.63, 3.8) is 0 Å². The van der Waals surface area contributed by atoms with Crippen LogP contribution in [0.1, 0.15) is 24.0 Å². The highest BCUT2D eigenvalue weighted by molar-refractivity contribution is 6.16. The molecule has 0 unspecified atom stereocenters. The first-order valence-corrected chi connectivity index (χ1v) is 12.4. The van der Waals surface area contributed by atoms with E-state index in [9.17, 15) is 9.90 Å². The van der Waals surface area contributed by atoms with Crippen LogP contribution in [0.5, 0.6) is 11.5 Å². The molecule has 0 atom stereocenters. The number of nitrogens with one attached hydrogen (secondary N) is 1. The molecule has 0 aliphatic rings. The van der Waals surface area contributed by atoms with E-state index in [2.05, 4.69) is 26.8 Å². The Bertz CT molecular complexity index is 1390. The Hall–Kier alpha value is -4.43. The smallest absolute Gasteiger partial charge is 0.335 e. The fraction of sp³-hybridized carbons (Fsp3) is 0.233. The van der Waals surface area contributed by atoms with Gasteiger partial charge in [0.25, 0.3) is 0 Å². The van der Waals surface area contributed by atoms with Crippen molar-refractivity contribution in [2.75, 3.05) is 32.6 Å². The van der Waals surface area contributed by atoms with E-state index in [0.29, 0.717) is 41.2 Å². The van der Waals surface area contributed by atoms with E-state index in [1.165, 1.54) is 6.33 Å². The molecule has 2 N–H and O–H groups in total. The summed E-state index contributed by atoms with van der Waals surface area (Å²) < 4.78 is 11.9. The molecule has 0 bridgehead atoms. The van der Waals surface area contributed by atoms with Gasteiger partial charge in [-0.2, -0.15) is 0 Å². The van der Waals surface area contributed by atoms with Crippen molar-refractivity contribution in [2.24, 2.45) is 0 Å². The van der Waals surface area contributed by atoms with E-state index in [1.807, 2.05) is 68.7 Å². The number of fused-ring (bicyclic) bond motifs is 1. The molecule has 8 nitrogen and oxygen atoms in total. The van der Waals surface area contributed by atoms with Gasteiger partial charge in [0.05, 0.1) is 17.7 Å². The number of aromatic nitrogens is 2. The van der Waals surface area contributed by atoms with E-state index in [-0.39, 0.29) is 5.57 Å². The number of carboxylic acids is 1. The molecule has 0 aliphatic heterocycles. The zero-order chi connectivity index (χ0) is 26.9. The van der Waals surface area contributed by atoms with Gasteiger partial charge in [-0.05, 0) is 69.4 Å². The summed E-state index contributed by atoms with van der Waals surface area (Å²) in [5.41, 5.74) is 2.88. The monoisotopic (exact) mass is 512 g/mol. The predicted molar refractivity (Wildman–Crippen MR) is 150 cm³/mol. The summed E-state index contributed by atoms with van der Waals surface area (Å²) in [5.74, 6) is 0.628. The number of unbranched alkanes of at least 4 members (excludes halogenated alkanes) is 1. The van der Waals surface area contributed by atoms with Gasteiger partial charge in [-0.3, -0.25) is 0 Å². The second kappa shape index (κ2) is 12.7. The molecule has 1 heterocycles. The molecule has 4 aromatic rings. The number of anilines is 2. The Morgan fingerprint density at radius 1 is 1.00 bits per heavy atom. The Morgan fingerprint density at radius 2 is 1.76 bits per heavy atom. The molecule has 0 aliphatic carbocycles. The first kappa shape index (κ1) is 26.6. The number of carboxylic acid groups (broad SMARTS) is 1. The molecule has 0 radical (unpaired) electrons. The summed E-state index contributed by atoms with van der Waals surface area (Å²) in [4.78, 5) is 22.7. The summed E-state index contributed by atoms with van der Waals surface area (Å²) >= 11 is 0. The number of ether oxygens (including phenoxy) is 2. The van der Waals surface area contributed by atoms with Crippen molar-refractivity contribution in [1.29, 1.82) is 0 Å². The van der Waals surface area contributed by atoms with Crippen LogP contribution in [-0.4, -0.2) is 53.2 Å². The first-order valence-electron chi connectivity index (χ1n) is 12.4. The molecule has 0 saturated heterocycles. The molecule has 196 valence electrons. The van der Waals surface area contributed by atoms with Crippen LogP contribution in [0, 0.1) is 0 Å². The summed E-state index contributed by atoms with van der Waals surface area (Å²) in [7, 11) is 4.05. The number of rotatable bonds is 13. The Kier molecular flexibility index (Phi) is 8.89. The van der Waals surface area contributed by atoms with E-state index >= 15 is 0 Å². The third-order valence-electron chi connectivity index (χ3n) is 5.94. The summed E-state index contributed by atoms with van der Waals surface area (Å²) in [6.45, 7) is 5.67. The Labute approximate surface area is 222 Å². The number of carbonyl (C=O) groups is 1. The average Bonchev–Trinajstić information content (AvgIpc) is 2.92. The van der Waals surface area contributed by atoms with Crippen LogP contribution in [0.4, 0.5) is 11.5 Å². The molecule has 38 heavy (non-hydrogen) atoms. The van der Waals surface area contributed by atoms with Crippen LogP contribution in [0.2, 0.25) is 0 Å². The van der Waals surface area contributed by atoms with Crippen LogP contribution >= 0.6 is 0 Å². The lowest BCUT2D eigenvalue weighted by molar-refractivity contribution is -0.130. The molecule has 0 spiro atoms. The number of benzene rings is 3. The van der Waals surface area contributed by atoms with E-state index in [1.54, 1.807) is 12.1 Å². The molecule has 1 aromatic heterocycles. The third-order valence-corrected chi connectivity index (χ3v) is 5.94. The predicted octanol–water partition coefficient (Wildman–Crippen LogP) is 5.77. The van der Waals surface area contributed by atoms with Gasteiger partial charge >= 0.3 is 5.97 Å². The molecule has 0 amide bonds. The zero-order valence-electron chi connectivity index (χ0n) is 21.7. The molecule has 0 fully saturated rings. The topological polar surface area (TPSA) is 96.8 Å². The second-order valence-corrected chi connectivity index (χ2v) is 9.15. The fourth-order valence-electron chi connectivity index (χ4n) is 3.88. The molecule has 0 saturated carbocycles. The number of hydrogen-bond donors (Lipinski definition) is 2. The van der Waals surface area contributed by atoms with E-state index < -0.39 is 5.97 Å². The maximum atomic E-state index is 11.8. The van der Waals surface area contributed by atoms with Gasteiger partial charge in [0.15, 0.2) is 0 Å². The van der Waals surface area contributed by atoms with Crippen LogP contribution in [0.3, 0.4) is 0 Å². The van der Waals surface area contributed by atoms with E-state index in [0.717, 1.165) is 36.4 Å². The van der Waals surface area contributed by atoms with Gasteiger partial charge < -0.3 is 24.8 Å². The van der Waals surface area contributed by atoms with Crippen LogP contribution in [-0.2, 0) is 11.4 Å². The number of aliphatic carboxylic acids is 1. The van der Waals surface area contributed by atoms with Crippen LogP contribution < -0.4 is 14.8 Å². The SMILES string of the molecule is C=C(C(=O)O)c1cc2c(Nc3ccc(OCc4ccccc4)cc3)ncnc2cc1OCCCCN(C)C. The van der Waals surface area contributed by atoms with E-state index in [4.69, 9.17) is 9.47 Å². The minimum atomic E-state index is -1.11. The highest BCUT2D eigenvalue weighted by Crippen LogP contribution is 2.33. The average molecular weight is 513 g/mol. The van der Waals surface area contributed by atoms with Crippen molar-refractivity contribution < 1.29 is 19.4 Å². The lowest BCUT2D eigenvalue weighted by atomic mass is 10.0. The van der Waals surface area contributed by atoms with Crippen molar-refractivity contribution in [1.82, 2.24) is 14.9 Å². The normalized spacial score (nSPS) is 10.9. The summed E-state index contributed by atoms with van der Waals surface area (Å²) in [5, 5.41) is 13.6. The van der Waals surface area contributed by atoms with Crippen molar-refractivity contribution in [3.8, 4) is 11.5 Å². The molecular formula is C30H32N4O4. The molecular weight excluding hydrogens is 480 g/mol. The second-order valence-electron chi connectivity index (χ2n) is 9.15. The molecule has 8 heteroatoms. The Morgan fingerprint density at radius 3 is 2.47 bits per heavy atom. The molecule has 4 rings (SSSR count). The quantitative estimate of drug-likeness (QED) is 0.172. The van der Waals surface area contributed by atoms with Gasteiger partial charge in [0.2, 0.25) is 0 Å². The fourth-order valence-corrected chi connectivity index (χ4v) is 3.88. The molecule has 3 aromatic carbocycles. The minimum Gasteiger partial charge on any atom is -0.493 e. The van der Waals surface area contributed by atoms with Gasteiger partial charge in [-0.1, -0.05) is 36.9 Å². The van der Waals surface area contributed by atoms with Gasteiger partial charge in [-0.25, -0.2) is 14.8 Å². The number of nitrogens with zero attached hydrogens (tertiary/aromatic N) is 3. The minimum absolute atomic E-state index is 0.0510. The lowest BCUT2D eigenvalue weighted by Gasteiger charge is -2.15. The van der Waals surface area contributed by atoms with Gasteiger partial charge in [-0.15, -0.1) is 0 Å². The zero-order valence-corrected chi connectivity index (χ0v) is 21.7. The summed E-state index contributed by atoms with van der Waals surface area (Å²) in [6, 6.07) is 21.0. The summed E-state index contributed by atoms with van der Waals surface area (Å²) in [6.07, 6.45) is 3.29. The van der Waals surface area contributed by atoms with Crippen molar-refractivity contribution in [2.45, 2.75) is 19.4 Å². The first-order chi connectivity index (χ1) is 18.4. The lowest BCUT2D eigenvalue weighted by Crippen LogP contribution is -2.14. The van der Waals surface area contributed by atoms with Crippen LogP contribution in [0.25, 0.3) is 16.5 Å². The van der Waals surface area contributed by atoms with Crippen molar-refractivity contribution >= 4 is 34.0 Å². The highest BCUT2D eigenvalue weighted by atomic mass is 16.5. The van der Waals surface area contributed by atoms with Gasteiger partial charge in [0, 0.05) is 22.7 Å². The Balaban J connectivity index is 1.52. The van der Waals surface area contributed by atoms with Gasteiger partial charge in [0.1, 0.15) is 30.3 Å². The van der Waals surface area contributed by atoms with Crippen molar-refractivity contribution in [3.05, 3.63) is 90.8 Å². The maximum absolute atomic E-state index is 11.8. The largest absolute Gasteiger partial charge is 0.493 e. The van der Waals surface area contributed by atoms with Crippen LogP contribution in [0.15, 0.2) is 79.6 Å².